The maximum Gasteiger partial charge on any atom is 0.191 e. The smallest absolute Gasteiger partial charge is 0.191 e. The first-order chi connectivity index (χ1) is 8.78. The second-order valence-electron chi connectivity index (χ2n) is 6.37. The molecule has 1 aromatic rings. The first-order valence-electron chi connectivity index (χ1n) is 6.71. The second kappa shape index (κ2) is 6.31. The number of pyridine rings is 1. The van der Waals surface area contributed by atoms with Gasteiger partial charge in [0.25, 0.3) is 0 Å². The van der Waals surface area contributed by atoms with Crippen LogP contribution in [-0.2, 0) is 4.43 Å². The number of hydrogen-bond donors (Lipinski definition) is 0. The van der Waals surface area contributed by atoms with Gasteiger partial charge in [-0.2, -0.15) is 5.26 Å². The van der Waals surface area contributed by atoms with Crippen molar-refractivity contribution in [1.29, 1.82) is 5.26 Å². The van der Waals surface area contributed by atoms with Crippen LogP contribution < -0.4 is 0 Å². The largest absolute Gasteiger partial charge is 0.417 e. The number of hydrogen-bond acceptors (Lipinski definition) is 3. The lowest BCUT2D eigenvalue weighted by molar-refractivity contribution is 0.278. The van der Waals surface area contributed by atoms with Gasteiger partial charge in [0.2, 0.25) is 0 Å². The summed E-state index contributed by atoms with van der Waals surface area (Å²) in [5.41, 5.74) is 0.976. The molecule has 1 unspecified atom stereocenters. The van der Waals surface area contributed by atoms with Gasteiger partial charge in [-0.25, -0.2) is 0 Å². The predicted octanol–water partition coefficient (Wildman–Crippen LogP) is 4.10. The monoisotopic (exact) mass is 276 g/mol. The lowest BCUT2D eigenvalue weighted by Crippen LogP contribution is -2.41. The third-order valence-electron chi connectivity index (χ3n) is 3.92. The minimum absolute atomic E-state index is 0.126. The van der Waals surface area contributed by atoms with Crippen LogP contribution in [0.2, 0.25) is 18.1 Å². The van der Waals surface area contributed by atoms with Gasteiger partial charge in [0.1, 0.15) is 0 Å². The Morgan fingerprint density at radius 1 is 1.42 bits per heavy atom. The zero-order valence-electron chi connectivity index (χ0n) is 12.6. The Balaban J connectivity index is 2.55. The second-order valence-corrected chi connectivity index (χ2v) is 11.2. The average Bonchev–Trinajstić information content (AvgIpc) is 2.34. The molecule has 0 saturated heterocycles. The predicted molar refractivity (Wildman–Crippen MR) is 80.4 cm³/mol. The SMILES string of the molecule is CC(C)(C)[Si](C)(C)OCCC(C#N)c1cccnc1. The van der Waals surface area contributed by atoms with Crippen molar-refractivity contribution in [3.8, 4) is 6.07 Å². The van der Waals surface area contributed by atoms with Crippen molar-refractivity contribution in [2.75, 3.05) is 6.61 Å². The molecule has 0 aromatic carbocycles. The fraction of sp³-hybridized carbons (Fsp3) is 0.600. The lowest BCUT2D eigenvalue weighted by atomic mass is 10.00. The van der Waals surface area contributed by atoms with E-state index in [4.69, 9.17) is 4.43 Å². The average molecular weight is 276 g/mol. The van der Waals surface area contributed by atoms with Gasteiger partial charge in [-0.1, -0.05) is 26.8 Å². The van der Waals surface area contributed by atoms with Gasteiger partial charge in [0.15, 0.2) is 8.32 Å². The van der Waals surface area contributed by atoms with E-state index in [1.807, 2.05) is 12.1 Å². The first-order valence-corrected chi connectivity index (χ1v) is 9.62. The fourth-order valence-corrected chi connectivity index (χ4v) is 2.60. The summed E-state index contributed by atoms with van der Waals surface area (Å²) in [7, 11) is -1.71. The van der Waals surface area contributed by atoms with Gasteiger partial charge in [0, 0.05) is 19.0 Å². The Hall–Kier alpha value is -1.18. The molecule has 104 valence electrons. The summed E-state index contributed by atoms with van der Waals surface area (Å²) in [6, 6.07) is 6.16. The topological polar surface area (TPSA) is 45.9 Å². The van der Waals surface area contributed by atoms with Crippen LogP contribution in [0.3, 0.4) is 0 Å². The third kappa shape index (κ3) is 4.45. The van der Waals surface area contributed by atoms with Gasteiger partial charge in [-0.3, -0.25) is 4.98 Å². The van der Waals surface area contributed by atoms with Crippen LogP contribution >= 0.6 is 0 Å². The van der Waals surface area contributed by atoms with Crippen LogP contribution in [-0.4, -0.2) is 19.9 Å². The minimum atomic E-state index is -1.71. The van der Waals surface area contributed by atoms with E-state index in [1.165, 1.54) is 0 Å². The lowest BCUT2D eigenvalue weighted by Gasteiger charge is -2.36. The maximum atomic E-state index is 9.25. The Kier molecular flexibility index (Phi) is 5.27. The summed E-state index contributed by atoms with van der Waals surface area (Å²) in [6.45, 7) is 11.8. The third-order valence-corrected chi connectivity index (χ3v) is 8.46. The summed E-state index contributed by atoms with van der Waals surface area (Å²) in [5, 5.41) is 9.46. The molecule has 0 saturated carbocycles. The molecule has 0 aliphatic carbocycles. The molecule has 0 radical (unpaired) electrons. The highest BCUT2D eigenvalue weighted by atomic mass is 28.4. The first kappa shape index (κ1) is 15.9. The van der Waals surface area contributed by atoms with Crippen LogP contribution in [0.15, 0.2) is 24.5 Å². The molecule has 19 heavy (non-hydrogen) atoms. The van der Waals surface area contributed by atoms with E-state index in [9.17, 15) is 5.26 Å². The normalized spacial score (nSPS) is 13.9. The van der Waals surface area contributed by atoms with Crippen LogP contribution in [0.4, 0.5) is 0 Å². The van der Waals surface area contributed by atoms with Crippen LogP contribution in [0.5, 0.6) is 0 Å². The van der Waals surface area contributed by atoms with Crippen LogP contribution in [0.25, 0.3) is 0 Å². The molecule has 0 spiro atoms. The van der Waals surface area contributed by atoms with E-state index in [-0.39, 0.29) is 11.0 Å². The van der Waals surface area contributed by atoms with Gasteiger partial charge in [-0.05, 0) is 36.2 Å². The van der Waals surface area contributed by atoms with Crippen molar-refractivity contribution in [3.05, 3.63) is 30.1 Å². The number of rotatable bonds is 5. The molecule has 1 aromatic heterocycles. The molecule has 0 aliphatic rings. The van der Waals surface area contributed by atoms with Crippen molar-refractivity contribution in [2.45, 2.75) is 51.2 Å². The molecular formula is C15H24N2OSi. The fourth-order valence-electron chi connectivity index (χ4n) is 1.54. The van der Waals surface area contributed by atoms with Crippen LogP contribution in [0, 0.1) is 11.3 Å². The Morgan fingerprint density at radius 2 is 2.11 bits per heavy atom. The standard InChI is InChI=1S/C15H24N2OSi/c1-15(2,3)19(4,5)18-10-8-13(11-16)14-7-6-9-17-12-14/h6-7,9,12-13H,8,10H2,1-5H3. The molecule has 0 aliphatic heterocycles. The Labute approximate surface area is 117 Å². The number of nitriles is 1. The molecule has 0 bridgehead atoms. The molecule has 0 fully saturated rings. The molecular weight excluding hydrogens is 252 g/mol. The summed E-state index contributed by atoms with van der Waals surface area (Å²) in [6.07, 6.45) is 4.22. The van der Waals surface area contributed by atoms with E-state index in [0.29, 0.717) is 6.61 Å². The summed E-state index contributed by atoms with van der Waals surface area (Å²) >= 11 is 0. The van der Waals surface area contributed by atoms with Crippen molar-refractivity contribution in [3.63, 3.8) is 0 Å². The summed E-state index contributed by atoms with van der Waals surface area (Å²) in [5.74, 6) is -0.126. The zero-order chi connectivity index (χ0) is 14.5. The molecule has 1 rings (SSSR count). The molecule has 1 atom stereocenters. The Morgan fingerprint density at radius 3 is 2.58 bits per heavy atom. The van der Waals surface area contributed by atoms with E-state index in [2.05, 4.69) is 44.9 Å². The molecule has 0 N–H and O–H groups in total. The molecule has 3 nitrogen and oxygen atoms in total. The van der Waals surface area contributed by atoms with Crippen molar-refractivity contribution < 1.29 is 4.43 Å². The van der Waals surface area contributed by atoms with Gasteiger partial charge in [0.05, 0.1) is 12.0 Å². The summed E-state index contributed by atoms with van der Waals surface area (Å²) < 4.78 is 6.12. The molecule has 0 amide bonds. The van der Waals surface area contributed by atoms with E-state index in [1.54, 1.807) is 12.4 Å². The van der Waals surface area contributed by atoms with Gasteiger partial charge >= 0.3 is 0 Å². The summed E-state index contributed by atoms with van der Waals surface area (Å²) in [4.78, 5) is 4.07. The van der Waals surface area contributed by atoms with E-state index < -0.39 is 8.32 Å². The van der Waals surface area contributed by atoms with Crippen molar-refractivity contribution in [1.82, 2.24) is 4.98 Å². The maximum absolute atomic E-state index is 9.25. The quantitative estimate of drug-likeness (QED) is 0.761. The van der Waals surface area contributed by atoms with Crippen molar-refractivity contribution >= 4 is 8.32 Å². The van der Waals surface area contributed by atoms with Crippen LogP contribution in [0.1, 0.15) is 38.7 Å². The highest BCUT2D eigenvalue weighted by molar-refractivity contribution is 6.74. The van der Waals surface area contributed by atoms with Gasteiger partial charge in [-0.15, -0.1) is 0 Å². The minimum Gasteiger partial charge on any atom is -0.417 e. The van der Waals surface area contributed by atoms with Gasteiger partial charge < -0.3 is 4.43 Å². The van der Waals surface area contributed by atoms with Crippen molar-refractivity contribution in [2.24, 2.45) is 0 Å². The zero-order valence-corrected chi connectivity index (χ0v) is 13.6. The number of nitrogens with zero attached hydrogens (tertiary/aromatic N) is 2. The molecule has 1 heterocycles. The Bertz CT molecular complexity index is 432. The van der Waals surface area contributed by atoms with E-state index in [0.717, 1.165) is 12.0 Å². The number of aromatic nitrogens is 1. The highest BCUT2D eigenvalue weighted by Crippen LogP contribution is 2.36. The van der Waals surface area contributed by atoms with E-state index >= 15 is 0 Å². The molecule has 4 heteroatoms. The highest BCUT2D eigenvalue weighted by Gasteiger charge is 2.37.